The molecule has 0 saturated carbocycles. The molecule has 0 unspecified atom stereocenters. The lowest BCUT2D eigenvalue weighted by molar-refractivity contribution is 1.15. The lowest BCUT2D eigenvalue weighted by Gasteiger charge is -2.03. The van der Waals surface area contributed by atoms with Crippen molar-refractivity contribution in [2.45, 2.75) is 0 Å². The van der Waals surface area contributed by atoms with Gasteiger partial charge in [0.2, 0.25) is 0 Å². The Bertz CT molecular complexity index is 2700. The van der Waals surface area contributed by atoms with Gasteiger partial charge in [-0.05, 0) is 83.9 Å². The minimum atomic E-state index is 0.968. The summed E-state index contributed by atoms with van der Waals surface area (Å²) >= 11 is 5.20. The molecule has 4 aromatic heterocycles. The Kier molecular flexibility index (Phi) is 5.75. The predicted octanol–water partition coefficient (Wildman–Crippen LogP) is 11.6. The highest BCUT2D eigenvalue weighted by molar-refractivity contribution is 7.22. The Morgan fingerprint density at radius 3 is 1.59 bits per heavy atom. The van der Waals surface area contributed by atoms with E-state index in [4.69, 9.17) is 15.0 Å². The van der Waals surface area contributed by atoms with Gasteiger partial charge in [0.1, 0.15) is 10.0 Å². The minimum absolute atomic E-state index is 0.968. The molecule has 7 heteroatoms. The number of aromatic nitrogens is 4. The van der Waals surface area contributed by atoms with Crippen molar-refractivity contribution in [3.63, 3.8) is 0 Å². The van der Waals surface area contributed by atoms with Crippen molar-refractivity contribution in [1.29, 1.82) is 0 Å². The molecule has 0 amide bonds. The van der Waals surface area contributed by atoms with E-state index in [-0.39, 0.29) is 0 Å². The summed E-state index contributed by atoms with van der Waals surface area (Å²) < 4.78 is 5.88. The molecule has 0 aliphatic rings. The molecule has 216 valence electrons. The normalized spacial score (nSPS) is 11.9. The molecule has 0 aliphatic carbocycles. The number of nitrogens with zero attached hydrogens (tertiary/aromatic N) is 4. The Morgan fingerprint density at radius 2 is 0.935 bits per heavy atom. The van der Waals surface area contributed by atoms with Gasteiger partial charge in [0.15, 0.2) is 5.13 Å². The van der Waals surface area contributed by atoms with Gasteiger partial charge in [-0.25, -0.2) is 15.0 Å². The van der Waals surface area contributed by atoms with Crippen LogP contribution in [0.25, 0.3) is 89.9 Å². The number of fused-ring (bicyclic) bond motifs is 6. The fraction of sp³-hybridized carbons (Fsp3) is 0. The summed E-state index contributed by atoms with van der Waals surface area (Å²) in [4.78, 5) is 15.1. The standard InChI is InChI=1S/C39H22N4S3/c1-2-8-23(9-3-1)24-14-17-31-36(22-24)45-38(41-31)26-16-19-33-28(21-26)27-20-25(37-40-29-10-4-6-12-34(29)44-37)15-18-32(27)43(33)39-42-30-11-5-7-13-35(30)46-39/h1-22H. The number of benzene rings is 6. The van der Waals surface area contributed by atoms with Gasteiger partial charge in [0, 0.05) is 21.9 Å². The van der Waals surface area contributed by atoms with Crippen molar-refractivity contribution >= 4 is 86.5 Å². The van der Waals surface area contributed by atoms with Gasteiger partial charge in [-0.2, -0.15) is 0 Å². The zero-order chi connectivity index (χ0) is 30.2. The van der Waals surface area contributed by atoms with Crippen LogP contribution in [0.15, 0.2) is 133 Å². The van der Waals surface area contributed by atoms with Crippen LogP contribution in [-0.4, -0.2) is 19.5 Å². The number of rotatable bonds is 4. The van der Waals surface area contributed by atoms with Crippen molar-refractivity contribution < 1.29 is 0 Å². The first kappa shape index (κ1) is 26.1. The maximum Gasteiger partial charge on any atom is 0.195 e. The molecular formula is C39H22N4S3. The number of hydrogen-bond acceptors (Lipinski definition) is 6. The second kappa shape index (κ2) is 10.2. The summed E-state index contributed by atoms with van der Waals surface area (Å²) in [6.07, 6.45) is 0. The smallest absolute Gasteiger partial charge is 0.195 e. The van der Waals surface area contributed by atoms with Gasteiger partial charge in [-0.3, -0.25) is 4.57 Å². The van der Waals surface area contributed by atoms with Gasteiger partial charge >= 0.3 is 0 Å². The van der Waals surface area contributed by atoms with Gasteiger partial charge in [-0.15, -0.1) is 22.7 Å². The van der Waals surface area contributed by atoms with Crippen molar-refractivity contribution in [2.75, 3.05) is 0 Å². The highest BCUT2D eigenvalue weighted by Crippen LogP contribution is 2.41. The first-order chi connectivity index (χ1) is 22.7. The van der Waals surface area contributed by atoms with E-state index in [9.17, 15) is 0 Å². The monoisotopic (exact) mass is 642 g/mol. The summed E-state index contributed by atoms with van der Waals surface area (Å²) in [7, 11) is 0. The van der Waals surface area contributed by atoms with E-state index in [1.165, 1.54) is 36.0 Å². The molecule has 46 heavy (non-hydrogen) atoms. The third-order valence-corrected chi connectivity index (χ3v) is 11.7. The molecule has 0 aliphatic heterocycles. The predicted molar refractivity (Wildman–Crippen MR) is 197 cm³/mol. The highest BCUT2D eigenvalue weighted by Gasteiger charge is 2.19. The average molecular weight is 643 g/mol. The van der Waals surface area contributed by atoms with Crippen LogP contribution in [0.1, 0.15) is 0 Å². The fourth-order valence-corrected chi connectivity index (χ4v) is 9.26. The van der Waals surface area contributed by atoms with Gasteiger partial charge in [0.05, 0.1) is 41.7 Å². The first-order valence-corrected chi connectivity index (χ1v) is 17.5. The number of para-hydroxylation sites is 2. The molecule has 0 bridgehead atoms. The molecule has 0 saturated heterocycles. The van der Waals surface area contributed by atoms with Crippen LogP contribution in [0.4, 0.5) is 0 Å². The van der Waals surface area contributed by atoms with E-state index in [0.29, 0.717) is 0 Å². The van der Waals surface area contributed by atoms with Crippen molar-refractivity contribution in [2.24, 2.45) is 0 Å². The molecule has 4 heterocycles. The Balaban J connectivity index is 1.17. The lowest BCUT2D eigenvalue weighted by atomic mass is 10.1. The largest absolute Gasteiger partial charge is 0.285 e. The Labute approximate surface area is 275 Å². The van der Waals surface area contributed by atoms with Crippen LogP contribution in [0.3, 0.4) is 0 Å². The van der Waals surface area contributed by atoms with Crippen LogP contribution in [0.2, 0.25) is 0 Å². The summed E-state index contributed by atoms with van der Waals surface area (Å²) in [5.74, 6) is 0. The molecule has 0 N–H and O–H groups in total. The maximum absolute atomic E-state index is 5.08. The Hall–Kier alpha value is -5.21. The van der Waals surface area contributed by atoms with E-state index >= 15 is 0 Å². The SMILES string of the molecule is c1ccc(-c2ccc3nc(-c4ccc5c(c4)c4cc(-c6nc7ccccc7s6)ccc4n5-c4nc5ccccc5s4)sc3c2)cc1. The molecule has 4 nitrogen and oxygen atoms in total. The molecule has 6 aromatic carbocycles. The van der Waals surface area contributed by atoms with E-state index in [0.717, 1.165) is 53.9 Å². The summed E-state index contributed by atoms with van der Waals surface area (Å²) in [6, 6.07) is 47.3. The topological polar surface area (TPSA) is 43.6 Å². The summed E-state index contributed by atoms with van der Waals surface area (Å²) in [6.45, 7) is 0. The molecule has 10 aromatic rings. The summed E-state index contributed by atoms with van der Waals surface area (Å²) in [5.41, 5.74) is 10.00. The quantitative estimate of drug-likeness (QED) is 0.192. The van der Waals surface area contributed by atoms with E-state index in [1.807, 2.05) is 6.07 Å². The second-order valence-corrected chi connectivity index (χ2v) is 14.4. The number of hydrogen-bond donors (Lipinski definition) is 0. The van der Waals surface area contributed by atoms with Gasteiger partial charge < -0.3 is 0 Å². The van der Waals surface area contributed by atoms with Crippen molar-refractivity contribution in [3.05, 3.63) is 133 Å². The van der Waals surface area contributed by atoms with E-state index < -0.39 is 0 Å². The van der Waals surface area contributed by atoms with E-state index in [1.54, 1.807) is 34.0 Å². The lowest BCUT2D eigenvalue weighted by Crippen LogP contribution is -1.92. The minimum Gasteiger partial charge on any atom is -0.285 e. The number of thiazole rings is 3. The highest BCUT2D eigenvalue weighted by atomic mass is 32.1. The van der Waals surface area contributed by atoms with Crippen molar-refractivity contribution in [1.82, 2.24) is 19.5 Å². The molecule has 0 fully saturated rings. The molecule has 10 rings (SSSR count). The van der Waals surface area contributed by atoms with Crippen LogP contribution in [0, 0.1) is 0 Å². The zero-order valence-electron chi connectivity index (χ0n) is 24.2. The van der Waals surface area contributed by atoms with Crippen LogP contribution >= 0.6 is 34.0 Å². The van der Waals surface area contributed by atoms with Crippen LogP contribution in [-0.2, 0) is 0 Å². The third kappa shape index (κ3) is 4.13. The van der Waals surface area contributed by atoms with Gasteiger partial charge in [-0.1, -0.05) is 72.0 Å². The third-order valence-electron chi connectivity index (χ3n) is 8.52. The fourth-order valence-electron chi connectivity index (χ4n) is 6.31. The van der Waals surface area contributed by atoms with E-state index in [2.05, 4.69) is 132 Å². The average Bonchev–Trinajstić information content (AvgIpc) is 3.90. The van der Waals surface area contributed by atoms with Crippen molar-refractivity contribution in [3.8, 4) is 37.4 Å². The van der Waals surface area contributed by atoms with Gasteiger partial charge in [0.25, 0.3) is 0 Å². The zero-order valence-corrected chi connectivity index (χ0v) is 26.7. The molecule has 0 spiro atoms. The maximum atomic E-state index is 5.08. The van der Waals surface area contributed by atoms with Crippen LogP contribution in [0.5, 0.6) is 0 Å². The Morgan fingerprint density at radius 1 is 0.391 bits per heavy atom. The molecule has 0 atom stereocenters. The second-order valence-electron chi connectivity index (χ2n) is 11.3. The molecule has 0 radical (unpaired) electrons. The van der Waals surface area contributed by atoms with Crippen LogP contribution < -0.4 is 0 Å². The summed E-state index contributed by atoms with van der Waals surface area (Å²) in [5, 5.41) is 5.38. The first-order valence-electron chi connectivity index (χ1n) is 15.0. The molecular weight excluding hydrogens is 621 g/mol.